The van der Waals surface area contributed by atoms with Gasteiger partial charge in [-0.2, -0.15) is 0 Å². The molecular formula is C43H48N2. The smallest absolute Gasteiger partial charge is 0.0979 e. The average Bonchev–Trinajstić information content (AvgIpc) is 3.34. The first-order valence-electron chi connectivity index (χ1n) is 17.9. The van der Waals surface area contributed by atoms with Gasteiger partial charge in [0, 0.05) is 16.2 Å². The van der Waals surface area contributed by atoms with E-state index in [4.69, 9.17) is 9.97 Å². The number of rotatable bonds is 14. The zero-order chi connectivity index (χ0) is 30.6. The van der Waals surface area contributed by atoms with Crippen LogP contribution in [-0.4, -0.2) is 9.97 Å². The van der Waals surface area contributed by atoms with E-state index in [0.29, 0.717) is 0 Å². The highest BCUT2D eigenvalue weighted by Crippen LogP contribution is 2.55. The molecular weight excluding hydrogens is 544 g/mol. The maximum atomic E-state index is 5.46. The van der Waals surface area contributed by atoms with Crippen LogP contribution in [0, 0.1) is 0 Å². The summed E-state index contributed by atoms with van der Waals surface area (Å²) in [6, 6.07) is 31.5. The quantitative estimate of drug-likeness (QED) is 0.0714. The van der Waals surface area contributed by atoms with Gasteiger partial charge in [0.05, 0.1) is 22.1 Å². The minimum atomic E-state index is 0.0533. The molecule has 1 aliphatic rings. The van der Waals surface area contributed by atoms with Gasteiger partial charge < -0.3 is 0 Å². The summed E-state index contributed by atoms with van der Waals surface area (Å²) >= 11 is 0. The molecule has 7 rings (SSSR count). The Morgan fingerprint density at radius 2 is 0.911 bits per heavy atom. The maximum Gasteiger partial charge on any atom is 0.0979 e. The molecule has 5 aromatic carbocycles. The van der Waals surface area contributed by atoms with Crippen molar-refractivity contribution in [2.75, 3.05) is 0 Å². The molecule has 0 radical (unpaired) electrons. The number of hydrogen-bond acceptors (Lipinski definition) is 2. The summed E-state index contributed by atoms with van der Waals surface area (Å²) < 4.78 is 0. The maximum absolute atomic E-state index is 5.46. The van der Waals surface area contributed by atoms with Crippen molar-refractivity contribution in [1.82, 2.24) is 9.97 Å². The Bertz CT molecular complexity index is 1940. The summed E-state index contributed by atoms with van der Waals surface area (Å²) in [5.74, 6) is 0. The molecule has 0 fully saturated rings. The van der Waals surface area contributed by atoms with Crippen LogP contribution in [0.2, 0.25) is 0 Å². The first-order valence-corrected chi connectivity index (χ1v) is 17.9. The second-order valence-electron chi connectivity index (χ2n) is 13.6. The molecule has 1 heterocycles. The highest BCUT2D eigenvalue weighted by molar-refractivity contribution is 6.23. The van der Waals surface area contributed by atoms with Crippen molar-refractivity contribution < 1.29 is 0 Å². The third-order valence-electron chi connectivity index (χ3n) is 10.6. The molecule has 0 N–H and O–H groups in total. The topological polar surface area (TPSA) is 25.8 Å². The number of aromatic nitrogens is 2. The van der Waals surface area contributed by atoms with E-state index < -0.39 is 0 Å². The molecule has 0 atom stereocenters. The van der Waals surface area contributed by atoms with E-state index in [1.165, 1.54) is 134 Å². The van der Waals surface area contributed by atoms with Gasteiger partial charge in [0.2, 0.25) is 0 Å². The van der Waals surface area contributed by atoms with Crippen LogP contribution in [0.4, 0.5) is 0 Å². The molecule has 2 nitrogen and oxygen atoms in total. The lowest BCUT2D eigenvalue weighted by Gasteiger charge is -2.33. The van der Waals surface area contributed by atoms with E-state index in [2.05, 4.69) is 98.8 Å². The minimum absolute atomic E-state index is 0.0533. The highest BCUT2D eigenvalue weighted by atomic mass is 14.8. The van der Waals surface area contributed by atoms with Crippen molar-refractivity contribution in [2.24, 2.45) is 0 Å². The van der Waals surface area contributed by atoms with Crippen LogP contribution in [0.15, 0.2) is 84.9 Å². The van der Waals surface area contributed by atoms with E-state index >= 15 is 0 Å². The van der Waals surface area contributed by atoms with E-state index in [1.807, 2.05) is 0 Å². The molecule has 0 saturated carbocycles. The van der Waals surface area contributed by atoms with Gasteiger partial charge in [0.25, 0.3) is 0 Å². The molecule has 1 aliphatic carbocycles. The van der Waals surface area contributed by atoms with Gasteiger partial charge in [-0.15, -0.1) is 0 Å². The Morgan fingerprint density at radius 1 is 0.444 bits per heavy atom. The number of unbranched alkanes of at least 4 members (excludes halogenated alkanes) is 10. The van der Waals surface area contributed by atoms with Gasteiger partial charge in [0.1, 0.15) is 0 Å². The van der Waals surface area contributed by atoms with Crippen molar-refractivity contribution in [3.63, 3.8) is 0 Å². The zero-order valence-corrected chi connectivity index (χ0v) is 27.4. The van der Waals surface area contributed by atoms with Crippen LogP contribution in [0.25, 0.3) is 54.7 Å². The molecule has 0 spiro atoms. The molecule has 0 bridgehead atoms. The summed E-state index contributed by atoms with van der Waals surface area (Å²) in [7, 11) is 0. The zero-order valence-electron chi connectivity index (χ0n) is 27.4. The van der Waals surface area contributed by atoms with Crippen molar-refractivity contribution >= 4 is 43.6 Å². The van der Waals surface area contributed by atoms with Gasteiger partial charge in [-0.25, -0.2) is 9.97 Å². The molecule has 230 valence electrons. The van der Waals surface area contributed by atoms with Gasteiger partial charge in [-0.05, 0) is 58.0 Å². The van der Waals surface area contributed by atoms with E-state index in [1.54, 1.807) is 0 Å². The largest absolute Gasteiger partial charge is 0.244 e. The second kappa shape index (κ2) is 13.3. The van der Waals surface area contributed by atoms with Crippen LogP contribution < -0.4 is 0 Å². The summed E-state index contributed by atoms with van der Waals surface area (Å²) in [6.45, 7) is 4.62. The van der Waals surface area contributed by atoms with Crippen molar-refractivity contribution in [1.29, 1.82) is 0 Å². The van der Waals surface area contributed by atoms with Crippen LogP contribution in [-0.2, 0) is 5.41 Å². The first kappa shape index (κ1) is 29.9. The lowest BCUT2D eigenvalue weighted by Crippen LogP contribution is -2.25. The third-order valence-corrected chi connectivity index (χ3v) is 10.6. The van der Waals surface area contributed by atoms with Gasteiger partial charge in [0.15, 0.2) is 0 Å². The fourth-order valence-corrected chi connectivity index (χ4v) is 8.30. The number of benzene rings is 5. The summed E-state index contributed by atoms with van der Waals surface area (Å²) in [4.78, 5) is 10.9. The van der Waals surface area contributed by atoms with E-state index in [0.717, 1.165) is 22.1 Å². The minimum Gasteiger partial charge on any atom is -0.244 e. The van der Waals surface area contributed by atoms with E-state index in [-0.39, 0.29) is 5.41 Å². The molecule has 0 amide bonds. The molecule has 6 aromatic rings. The average molecular weight is 593 g/mol. The van der Waals surface area contributed by atoms with Gasteiger partial charge >= 0.3 is 0 Å². The first-order chi connectivity index (χ1) is 22.2. The standard InChI is InChI=1S/C43H48N2/c1-3-5-7-9-11-19-27-43(28-20-12-10-8-6-4-2)37-26-18-17-23-33(37)36-29-39-40(30-38(36)43)45-42-35-25-16-14-22-32(35)31-21-13-15-24-34(31)41(42)44-39/h13-18,21-26,29-30H,3-12,19-20,27-28H2,1-2H3. The van der Waals surface area contributed by atoms with Crippen LogP contribution in [0.1, 0.15) is 115 Å². The van der Waals surface area contributed by atoms with Crippen LogP contribution in [0.5, 0.6) is 0 Å². The SMILES string of the molecule is CCCCCCCCC1(CCCCCCCC)c2ccccc2-c2cc3nc4c5ccccc5c5ccccc5c4nc3cc21. The number of fused-ring (bicyclic) bond motifs is 10. The Kier molecular flexibility index (Phi) is 8.83. The van der Waals surface area contributed by atoms with Crippen LogP contribution in [0.3, 0.4) is 0 Å². The van der Waals surface area contributed by atoms with Gasteiger partial charge in [-0.3, -0.25) is 0 Å². The Hall–Kier alpha value is -3.78. The summed E-state index contributed by atoms with van der Waals surface area (Å²) in [5.41, 5.74) is 9.95. The Labute approximate surface area is 269 Å². The normalized spacial score (nSPS) is 13.6. The molecule has 1 aromatic heterocycles. The molecule has 0 saturated heterocycles. The Balaban J connectivity index is 1.37. The Morgan fingerprint density at radius 3 is 1.49 bits per heavy atom. The monoisotopic (exact) mass is 592 g/mol. The molecule has 0 unspecified atom stereocenters. The fraction of sp³-hybridized carbons (Fsp3) is 0.395. The number of hydrogen-bond donors (Lipinski definition) is 0. The lowest BCUT2D eigenvalue weighted by atomic mass is 9.70. The molecule has 45 heavy (non-hydrogen) atoms. The second-order valence-corrected chi connectivity index (χ2v) is 13.6. The third kappa shape index (κ3) is 5.51. The molecule has 0 aliphatic heterocycles. The van der Waals surface area contributed by atoms with Crippen molar-refractivity contribution in [3.05, 3.63) is 96.1 Å². The predicted octanol–water partition coefficient (Wildman–Crippen LogP) is 12.9. The van der Waals surface area contributed by atoms with Gasteiger partial charge in [-0.1, -0.05) is 164 Å². The molecule has 2 heteroatoms. The lowest BCUT2D eigenvalue weighted by molar-refractivity contribution is 0.398. The predicted molar refractivity (Wildman–Crippen MR) is 194 cm³/mol. The van der Waals surface area contributed by atoms with Crippen molar-refractivity contribution in [3.8, 4) is 11.1 Å². The summed E-state index contributed by atoms with van der Waals surface area (Å²) in [6.07, 6.45) is 18.4. The number of nitrogens with zero attached hydrogens (tertiary/aromatic N) is 2. The summed E-state index contributed by atoms with van der Waals surface area (Å²) in [5, 5.41) is 4.87. The highest BCUT2D eigenvalue weighted by Gasteiger charge is 2.42. The fourth-order valence-electron chi connectivity index (χ4n) is 8.30. The van der Waals surface area contributed by atoms with Crippen molar-refractivity contribution in [2.45, 2.75) is 109 Å². The van der Waals surface area contributed by atoms with Crippen LogP contribution >= 0.6 is 0 Å². The van der Waals surface area contributed by atoms with E-state index in [9.17, 15) is 0 Å².